The SMILES string of the molecule is NC(=O)Cn1ncc2cc(Br)ccc2c1=O. The van der Waals surface area contributed by atoms with E-state index in [0.717, 1.165) is 14.5 Å². The average molecular weight is 282 g/mol. The number of carbonyl (C=O) groups excluding carboxylic acids is 1. The molecule has 0 atom stereocenters. The van der Waals surface area contributed by atoms with Crippen molar-refractivity contribution in [1.29, 1.82) is 0 Å². The van der Waals surface area contributed by atoms with E-state index >= 15 is 0 Å². The van der Waals surface area contributed by atoms with Gasteiger partial charge in [0.05, 0.1) is 11.6 Å². The van der Waals surface area contributed by atoms with Gasteiger partial charge in [-0.25, -0.2) is 4.68 Å². The summed E-state index contributed by atoms with van der Waals surface area (Å²) in [6.45, 7) is -0.204. The van der Waals surface area contributed by atoms with E-state index in [1.54, 1.807) is 18.2 Å². The lowest BCUT2D eigenvalue weighted by atomic mass is 10.2. The number of primary amides is 1. The number of nitrogens with zero attached hydrogens (tertiary/aromatic N) is 2. The van der Waals surface area contributed by atoms with Crippen LogP contribution in [0.15, 0.2) is 33.7 Å². The molecule has 0 radical (unpaired) electrons. The molecule has 0 saturated heterocycles. The molecule has 2 aromatic rings. The molecule has 0 aliphatic carbocycles. The summed E-state index contributed by atoms with van der Waals surface area (Å²) < 4.78 is 1.92. The van der Waals surface area contributed by atoms with E-state index in [4.69, 9.17) is 5.73 Å². The molecule has 0 spiro atoms. The number of rotatable bonds is 2. The maximum atomic E-state index is 11.9. The van der Waals surface area contributed by atoms with Gasteiger partial charge < -0.3 is 5.73 Å². The van der Waals surface area contributed by atoms with E-state index in [1.165, 1.54) is 6.20 Å². The van der Waals surface area contributed by atoms with Crippen molar-refractivity contribution in [2.45, 2.75) is 6.54 Å². The van der Waals surface area contributed by atoms with Gasteiger partial charge in [0.15, 0.2) is 0 Å². The summed E-state index contributed by atoms with van der Waals surface area (Å²) in [6, 6.07) is 5.23. The normalized spacial score (nSPS) is 10.6. The van der Waals surface area contributed by atoms with Crippen LogP contribution >= 0.6 is 15.9 Å². The Labute approximate surface area is 99.0 Å². The van der Waals surface area contributed by atoms with Crippen molar-refractivity contribution in [2.75, 3.05) is 0 Å². The Morgan fingerprint density at radius 2 is 2.25 bits per heavy atom. The highest BCUT2D eigenvalue weighted by molar-refractivity contribution is 9.10. The highest BCUT2D eigenvalue weighted by Crippen LogP contribution is 2.15. The lowest BCUT2D eigenvalue weighted by Crippen LogP contribution is -2.29. The van der Waals surface area contributed by atoms with Crippen LogP contribution in [0.5, 0.6) is 0 Å². The van der Waals surface area contributed by atoms with E-state index in [2.05, 4.69) is 21.0 Å². The molecule has 6 heteroatoms. The lowest BCUT2D eigenvalue weighted by molar-refractivity contribution is -0.118. The van der Waals surface area contributed by atoms with Crippen molar-refractivity contribution in [3.05, 3.63) is 39.2 Å². The van der Waals surface area contributed by atoms with Crippen LogP contribution in [0.1, 0.15) is 0 Å². The number of amides is 1. The molecule has 0 bridgehead atoms. The number of fused-ring (bicyclic) bond motifs is 1. The minimum atomic E-state index is -0.592. The molecule has 5 nitrogen and oxygen atoms in total. The molecular formula is C10H8BrN3O2. The van der Waals surface area contributed by atoms with Crippen molar-refractivity contribution in [2.24, 2.45) is 5.73 Å². The monoisotopic (exact) mass is 281 g/mol. The minimum Gasteiger partial charge on any atom is -0.368 e. The molecule has 1 aromatic heterocycles. The van der Waals surface area contributed by atoms with Gasteiger partial charge in [0.1, 0.15) is 6.54 Å². The fourth-order valence-electron chi connectivity index (χ4n) is 1.42. The molecule has 2 rings (SSSR count). The fourth-order valence-corrected chi connectivity index (χ4v) is 1.80. The molecule has 82 valence electrons. The van der Waals surface area contributed by atoms with Gasteiger partial charge in [-0.15, -0.1) is 0 Å². The van der Waals surface area contributed by atoms with Crippen LogP contribution in [0.2, 0.25) is 0 Å². The maximum absolute atomic E-state index is 11.9. The molecule has 0 aliphatic heterocycles. The molecule has 1 heterocycles. The summed E-state index contributed by atoms with van der Waals surface area (Å²) in [5.41, 5.74) is 4.70. The van der Waals surface area contributed by atoms with Crippen LogP contribution in [0.25, 0.3) is 10.8 Å². The quantitative estimate of drug-likeness (QED) is 0.878. The van der Waals surface area contributed by atoms with E-state index in [1.807, 2.05) is 0 Å². The molecule has 16 heavy (non-hydrogen) atoms. The smallest absolute Gasteiger partial charge is 0.275 e. The number of halogens is 1. The zero-order valence-corrected chi connectivity index (χ0v) is 9.77. The van der Waals surface area contributed by atoms with E-state index < -0.39 is 5.91 Å². The van der Waals surface area contributed by atoms with Crippen molar-refractivity contribution in [3.63, 3.8) is 0 Å². The van der Waals surface area contributed by atoms with E-state index in [9.17, 15) is 9.59 Å². The first kappa shape index (κ1) is 10.8. The summed E-state index contributed by atoms with van der Waals surface area (Å²) in [6.07, 6.45) is 1.53. The summed E-state index contributed by atoms with van der Waals surface area (Å²) in [4.78, 5) is 22.6. The molecule has 1 amide bonds. The Balaban J connectivity index is 2.66. The Bertz CT molecular complexity index is 621. The number of nitrogens with two attached hydrogens (primary N) is 1. The highest BCUT2D eigenvalue weighted by atomic mass is 79.9. The summed E-state index contributed by atoms with van der Waals surface area (Å²) in [5, 5.41) is 5.11. The van der Waals surface area contributed by atoms with Crippen molar-refractivity contribution < 1.29 is 4.79 Å². The molecule has 0 aliphatic rings. The summed E-state index contributed by atoms with van der Waals surface area (Å²) in [5.74, 6) is -0.592. The summed E-state index contributed by atoms with van der Waals surface area (Å²) in [7, 11) is 0. The second-order valence-electron chi connectivity index (χ2n) is 3.31. The summed E-state index contributed by atoms with van der Waals surface area (Å²) >= 11 is 3.31. The van der Waals surface area contributed by atoms with Gasteiger partial charge in [-0.2, -0.15) is 5.10 Å². The molecule has 0 saturated carbocycles. The van der Waals surface area contributed by atoms with Crippen LogP contribution in [0.4, 0.5) is 0 Å². The Hall–Kier alpha value is -1.69. The van der Waals surface area contributed by atoms with Crippen molar-refractivity contribution >= 4 is 32.6 Å². The topological polar surface area (TPSA) is 78.0 Å². The largest absolute Gasteiger partial charge is 0.368 e. The zero-order valence-electron chi connectivity index (χ0n) is 8.18. The van der Waals surface area contributed by atoms with Gasteiger partial charge in [0.25, 0.3) is 5.56 Å². The maximum Gasteiger partial charge on any atom is 0.275 e. The highest BCUT2D eigenvalue weighted by Gasteiger charge is 2.06. The van der Waals surface area contributed by atoms with E-state index in [0.29, 0.717) is 5.39 Å². The number of hydrogen-bond acceptors (Lipinski definition) is 3. The predicted molar refractivity (Wildman–Crippen MR) is 62.9 cm³/mol. The Kier molecular flexibility index (Phi) is 2.74. The van der Waals surface area contributed by atoms with Crippen LogP contribution < -0.4 is 11.3 Å². The molecule has 1 aromatic carbocycles. The molecule has 2 N–H and O–H groups in total. The first-order valence-corrected chi connectivity index (χ1v) is 5.31. The van der Waals surface area contributed by atoms with Crippen molar-refractivity contribution in [3.8, 4) is 0 Å². The molecular weight excluding hydrogens is 274 g/mol. The van der Waals surface area contributed by atoms with Gasteiger partial charge >= 0.3 is 0 Å². The lowest BCUT2D eigenvalue weighted by Gasteiger charge is -2.03. The Morgan fingerprint density at radius 1 is 1.50 bits per heavy atom. The van der Waals surface area contributed by atoms with Gasteiger partial charge in [-0.1, -0.05) is 15.9 Å². The number of hydrogen-bond donors (Lipinski definition) is 1. The predicted octanol–water partition coefficient (Wildman–Crippen LogP) is 0.644. The standard InChI is InChI=1S/C10H8BrN3O2/c11-7-1-2-8-6(3-7)4-13-14(10(8)16)5-9(12)15/h1-4H,5H2,(H2,12,15). The second kappa shape index (κ2) is 4.05. The molecule has 0 unspecified atom stereocenters. The first-order chi connectivity index (χ1) is 7.58. The fraction of sp³-hybridized carbons (Fsp3) is 0.100. The van der Waals surface area contributed by atoms with E-state index in [-0.39, 0.29) is 12.1 Å². The van der Waals surface area contributed by atoms with Crippen LogP contribution in [-0.2, 0) is 11.3 Å². The van der Waals surface area contributed by atoms with Gasteiger partial charge in [-0.3, -0.25) is 9.59 Å². The Morgan fingerprint density at radius 3 is 2.94 bits per heavy atom. The first-order valence-electron chi connectivity index (χ1n) is 4.51. The zero-order chi connectivity index (χ0) is 11.7. The van der Waals surface area contributed by atoms with Gasteiger partial charge in [0.2, 0.25) is 5.91 Å². The third-order valence-electron chi connectivity index (χ3n) is 2.12. The van der Waals surface area contributed by atoms with Crippen LogP contribution in [0, 0.1) is 0 Å². The van der Waals surface area contributed by atoms with Gasteiger partial charge in [0, 0.05) is 9.86 Å². The average Bonchev–Trinajstić information content (AvgIpc) is 2.22. The second-order valence-corrected chi connectivity index (χ2v) is 4.22. The van der Waals surface area contributed by atoms with Crippen LogP contribution in [-0.4, -0.2) is 15.7 Å². The third kappa shape index (κ3) is 1.96. The third-order valence-corrected chi connectivity index (χ3v) is 2.61. The van der Waals surface area contributed by atoms with Crippen LogP contribution in [0.3, 0.4) is 0 Å². The minimum absolute atomic E-state index is 0.204. The van der Waals surface area contributed by atoms with Gasteiger partial charge in [-0.05, 0) is 18.2 Å². The molecule has 0 fully saturated rings. The number of carbonyl (C=O) groups is 1. The van der Waals surface area contributed by atoms with Crippen molar-refractivity contribution in [1.82, 2.24) is 9.78 Å². The number of aromatic nitrogens is 2. The number of benzene rings is 1.